The molecule has 0 aromatic heterocycles. The fourth-order valence-corrected chi connectivity index (χ4v) is 3.32. The molecule has 0 radical (unpaired) electrons. The monoisotopic (exact) mass is 438 g/mol. The summed E-state index contributed by atoms with van der Waals surface area (Å²) < 4.78 is 5.52. The van der Waals surface area contributed by atoms with E-state index < -0.39 is 0 Å². The zero-order valence-corrected chi connectivity index (χ0v) is 18.3. The van der Waals surface area contributed by atoms with Crippen LogP contribution in [0.3, 0.4) is 0 Å². The Morgan fingerprint density at radius 3 is 2.47 bits per heavy atom. The summed E-state index contributed by atoms with van der Waals surface area (Å²) in [6.45, 7) is 3.91. The average molecular weight is 439 g/mol. The Kier molecular flexibility index (Phi) is 8.62. The maximum absolute atomic E-state index is 12.4. The molecule has 1 aliphatic rings. The van der Waals surface area contributed by atoms with Crippen molar-refractivity contribution in [3.63, 3.8) is 0 Å². The molecule has 1 atom stereocenters. The van der Waals surface area contributed by atoms with Gasteiger partial charge in [0, 0.05) is 42.2 Å². The van der Waals surface area contributed by atoms with E-state index in [0.717, 1.165) is 25.9 Å². The molecule has 3 rings (SSSR count). The van der Waals surface area contributed by atoms with Crippen LogP contribution in [0, 0.1) is 0 Å². The minimum absolute atomic E-state index is 0.0414. The van der Waals surface area contributed by atoms with Gasteiger partial charge in [0.1, 0.15) is 0 Å². The van der Waals surface area contributed by atoms with Crippen LogP contribution in [0.2, 0.25) is 0 Å². The molecule has 0 aliphatic carbocycles. The largest absolute Gasteiger partial charge is 0.376 e. The Morgan fingerprint density at radius 2 is 1.75 bits per heavy atom. The van der Waals surface area contributed by atoms with Gasteiger partial charge in [0.05, 0.1) is 12.6 Å². The first-order valence-corrected chi connectivity index (χ1v) is 11.0. The summed E-state index contributed by atoms with van der Waals surface area (Å²) >= 11 is 0. The van der Waals surface area contributed by atoms with E-state index in [1.165, 1.54) is 0 Å². The summed E-state index contributed by atoms with van der Waals surface area (Å²) in [5, 5.41) is 11.5. The molecule has 8 heteroatoms. The Morgan fingerprint density at radius 1 is 0.969 bits per heavy atom. The molecule has 2 aromatic carbocycles. The number of rotatable bonds is 10. The number of carbonyl (C=O) groups is 3. The fourth-order valence-electron chi connectivity index (χ4n) is 3.32. The second-order valence-corrected chi connectivity index (χ2v) is 7.66. The lowest BCUT2D eigenvalue weighted by Gasteiger charge is -2.12. The molecule has 1 aliphatic heterocycles. The quantitative estimate of drug-likeness (QED) is 0.456. The molecule has 0 spiro atoms. The Labute approximate surface area is 188 Å². The van der Waals surface area contributed by atoms with Gasteiger partial charge in [0.2, 0.25) is 5.91 Å². The third-order valence-electron chi connectivity index (χ3n) is 5.06. The summed E-state index contributed by atoms with van der Waals surface area (Å²) in [4.78, 5) is 36.6. The van der Waals surface area contributed by atoms with Gasteiger partial charge >= 0.3 is 0 Å². The predicted molar refractivity (Wildman–Crippen MR) is 124 cm³/mol. The lowest BCUT2D eigenvalue weighted by Crippen LogP contribution is -2.31. The highest BCUT2D eigenvalue weighted by molar-refractivity contribution is 5.97. The molecule has 0 bridgehead atoms. The van der Waals surface area contributed by atoms with Gasteiger partial charge in [-0.25, -0.2) is 0 Å². The lowest BCUT2D eigenvalue weighted by atomic mass is 10.1. The predicted octanol–water partition coefficient (Wildman–Crippen LogP) is 2.79. The van der Waals surface area contributed by atoms with E-state index in [2.05, 4.69) is 21.3 Å². The minimum atomic E-state index is -0.235. The van der Waals surface area contributed by atoms with Gasteiger partial charge in [0.15, 0.2) is 0 Å². The van der Waals surface area contributed by atoms with Crippen molar-refractivity contribution < 1.29 is 19.1 Å². The van der Waals surface area contributed by atoms with Crippen molar-refractivity contribution in [3.05, 3.63) is 59.7 Å². The van der Waals surface area contributed by atoms with E-state index in [4.69, 9.17) is 4.74 Å². The van der Waals surface area contributed by atoms with Gasteiger partial charge in [-0.2, -0.15) is 0 Å². The SMILES string of the molecule is CCCNC(=O)c1ccc(NC(=O)CNc2cccc(C(=O)NCC3CCCO3)c2)cc1. The number of benzene rings is 2. The summed E-state index contributed by atoms with van der Waals surface area (Å²) in [7, 11) is 0. The molecule has 4 N–H and O–H groups in total. The number of ether oxygens (including phenoxy) is 1. The number of hydrogen-bond acceptors (Lipinski definition) is 5. The van der Waals surface area contributed by atoms with Crippen LogP contribution in [0.25, 0.3) is 0 Å². The minimum Gasteiger partial charge on any atom is -0.376 e. The zero-order valence-electron chi connectivity index (χ0n) is 18.3. The summed E-state index contributed by atoms with van der Waals surface area (Å²) in [5.74, 6) is -0.538. The van der Waals surface area contributed by atoms with Crippen LogP contribution >= 0.6 is 0 Å². The Hall–Kier alpha value is -3.39. The van der Waals surface area contributed by atoms with Crippen molar-refractivity contribution in [2.45, 2.75) is 32.3 Å². The van der Waals surface area contributed by atoms with E-state index in [0.29, 0.717) is 35.6 Å². The standard InChI is InChI=1S/C24H30N4O4/c1-2-12-25-23(30)17-8-10-19(11-9-17)28-22(29)16-26-20-6-3-5-18(14-20)24(31)27-15-21-7-4-13-32-21/h3,5-6,8-11,14,21,26H,2,4,7,12-13,15-16H2,1H3,(H,25,30)(H,27,31)(H,28,29). The highest BCUT2D eigenvalue weighted by Crippen LogP contribution is 2.13. The number of anilines is 2. The molecule has 3 amide bonds. The lowest BCUT2D eigenvalue weighted by molar-refractivity contribution is -0.114. The van der Waals surface area contributed by atoms with Crippen LogP contribution < -0.4 is 21.3 Å². The highest BCUT2D eigenvalue weighted by atomic mass is 16.5. The number of amides is 3. The van der Waals surface area contributed by atoms with Gasteiger partial charge in [-0.1, -0.05) is 13.0 Å². The molecule has 1 fully saturated rings. The molecule has 1 saturated heterocycles. The van der Waals surface area contributed by atoms with Crippen LogP contribution in [-0.2, 0) is 9.53 Å². The Balaban J connectivity index is 1.45. The molecule has 1 unspecified atom stereocenters. The third kappa shape index (κ3) is 7.09. The van der Waals surface area contributed by atoms with Gasteiger partial charge in [0.25, 0.3) is 11.8 Å². The van der Waals surface area contributed by atoms with Gasteiger partial charge in [-0.15, -0.1) is 0 Å². The third-order valence-corrected chi connectivity index (χ3v) is 5.06. The Bertz CT molecular complexity index is 924. The van der Waals surface area contributed by atoms with E-state index in [9.17, 15) is 14.4 Å². The van der Waals surface area contributed by atoms with Crippen LogP contribution in [-0.4, -0.2) is 50.1 Å². The van der Waals surface area contributed by atoms with E-state index in [1.807, 2.05) is 6.92 Å². The molecule has 8 nitrogen and oxygen atoms in total. The highest BCUT2D eigenvalue weighted by Gasteiger charge is 2.16. The molecule has 2 aromatic rings. The number of carbonyl (C=O) groups excluding carboxylic acids is 3. The first-order chi connectivity index (χ1) is 15.5. The second-order valence-electron chi connectivity index (χ2n) is 7.66. The summed E-state index contributed by atoms with van der Waals surface area (Å²) in [6, 6.07) is 13.7. The van der Waals surface area contributed by atoms with Crippen molar-refractivity contribution in [2.75, 3.05) is 36.9 Å². The van der Waals surface area contributed by atoms with E-state index >= 15 is 0 Å². The van der Waals surface area contributed by atoms with Crippen LogP contribution in [0.5, 0.6) is 0 Å². The summed E-state index contributed by atoms with van der Waals surface area (Å²) in [5.41, 5.74) is 2.34. The first kappa shape index (κ1) is 23.3. The van der Waals surface area contributed by atoms with Crippen LogP contribution in [0.4, 0.5) is 11.4 Å². The smallest absolute Gasteiger partial charge is 0.251 e. The van der Waals surface area contributed by atoms with Crippen molar-refractivity contribution in [1.29, 1.82) is 0 Å². The van der Waals surface area contributed by atoms with Crippen LogP contribution in [0.1, 0.15) is 46.9 Å². The molecule has 1 heterocycles. The van der Waals surface area contributed by atoms with Crippen molar-refractivity contribution >= 4 is 29.1 Å². The topological polar surface area (TPSA) is 109 Å². The normalized spacial score (nSPS) is 15.1. The van der Waals surface area contributed by atoms with Gasteiger partial charge < -0.3 is 26.0 Å². The first-order valence-electron chi connectivity index (χ1n) is 11.0. The second kappa shape index (κ2) is 11.9. The van der Waals surface area contributed by atoms with Crippen molar-refractivity contribution in [1.82, 2.24) is 10.6 Å². The molecule has 32 heavy (non-hydrogen) atoms. The number of hydrogen-bond donors (Lipinski definition) is 4. The maximum atomic E-state index is 12.4. The summed E-state index contributed by atoms with van der Waals surface area (Å²) in [6.07, 6.45) is 2.95. The van der Waals surface area contributed by atoms with Crippen molar-refractivity contribution in [3.8, 4) is 0 Å². The molecule has 0 saturated carbocycles. The van der Waals surface area contributed by atoms with E-state index in [-0.39, 0.29) is 30.4 Å². The average Bonchev–Trinajstić information content (AvgIpc) is 3.34. The van der Waals surface area contributed by atoms with E-state index in [1.54, 1.807) is 48.5 Å². The molecular formula is C24H30N4O4. The van der Waals surface area contributed by atoms with Gasteiger partial charge in [-0.05, 0) is 61.7 Å². The maximum Gasteiger partial charge on any atom is 0.251 e. The van der Waals surface area contributed by atoms with Gasteiger partial charge in [-0.3, -0.25) is 14.4 Å². The van der Waals surface area contributed by atoms with Crippen molar-refractivity contribution in [2.24, 2.45) is 0 Å². The molecule has 170 valence electrons. The molecular weight excluding hydrogens is 408 g/mol. The zero-order chi connectivity index (χ0) is 22.8. The number of nitrogens with one attached hydrogen (secondary N) is 4. The van der Waals surface area contributed by atoms with Crippen LogP contribution in [0.15, 0.2) is 48.5 Å². The fraction of sp³-hybridized carbons (Fsp3) is 0.375.